The Bertz CT molecular complexity index is 922. The summed E-state index contributed by atoms with van der Waals surface area (Å²) >= 11 is 0. The van der Waals surface area contributed by atoms with E-state index < -0.39 is 10.0 Å². The zero-order valence-corrected chi connectivity index (χ0v) is 16.6. The molecule has 0 aliphatic carbocycles. The number of amides is 1. The number of hydrogen-bond acceptors (Lipinski definition) is 4. The Labute approximate surface area is 155 Å². The van der Waals surface area contributed by atoms with Gasteiger partial charge in [0.05, 0.1) is 11.4 Å². The lowest BCUT2D eigenvalue weighted by Gasteiger charge is -2.15. The Kier molecular flexibility index (Phi) is 6.05. The molecule has 0 aliphatic rings. The largest absolute Gasteiger partial charge is 0.376 e. The number of anilines is 2. The summed E-state index contributed by atoms with van der Waals surface area (Å²) in [4.78, 5) is 12.4. The molecule has 0 aliphatic heterocycles. The van der Waals surface area contributed by atoms with Gasteiger partial charge in [0.25, 0.3) is 0 Å². The molecule has 26 heavy (non-hydrogen) atoms. The van der Waals surface area contributed by atoms with E-state index in [1.165, 1.54) is 18.4 Å². The molecule has 140 valence electrons. The minimum atomic E-state index is -3.53. The summed E-state index contributed by atoms with van der Waals surface area (Å²) < 4.78 is 25.9. The number of carbonyl (C=O) groups excluding carboxylic acids is 1. The van der Waals surface area contributed by atoms with Gasteiger partial charge in [-0.2, -0.15) is 0 Å². The van der Waals surface area contributed by atoms with Crippen molar-refractivity contribution in [3.63, 3.8) is 0 Å². The first kappa shape index (κ1) is 19.9. The van der Waals surface area contributed by atoms with Crippen LogP contribution in [0, 0.1) is 20.8 Å². The highest BCUT2D eigenvalue weighted by molar-refractivity contribution is 7.89. The topological polar surface area (TPSA) is 78.5 Å². The van der Waals surface area contributed by atoms with Crippen molar-refractivity contribution in [3.05, 3.63) is 53.1 Å². The lowest BCUT2D eigenvalue weighted by Crippen LogP contribution is -2.24. The van der Waals surface area contributed by atoms with Crippen LogP contribution in [-0.4, -0.2) is 39.3 Å². The van der Waals surface area contributed by atoms with E-state index in [4.69, 9.17) is 0 Å². The van der Waals surface area contributed by atoms with Gasteiger partial charge in [-0.3, -0.25) is 4.79 Å². The van der Waals surface area contributed by atoms with Crippen molar-refractivity contribution < 1.29 is 13.2 Å². The molecule has 0 radical (unpaired) electrons. The molecule has 6 nitrogen and oxygen atoms in total. The van der Waals surface area contributed by atoms with Crippen molar-refractivity contribution in [2.45, 2.75) is 25.7 Å². The third kappa shape index (κ3) is 4.62. The van der Waals surface area contributed by atoms with Crippen LogP contribution < -0.4 is 10.6 Å². The van der Waals surface area contributed by atoms with Crippen molar-refractivity contribution >= 4 is 27.3 Å². The fraction of sp³-hybridized carbons (Fsp3) is 0.316. The summed E-state index contributed by atoms with van der Waals surface area (Å²) in [6.07, 6.45) is 0. The highest BCUT2D eigenvalue weighted by Gasteiger charge is 2.20. The highest BCUT2D eigenvalue weighted by atomic mass is 32.2. The molecular formula is C19H25N3O3S. The Morgan fingerprint density at radius 3 is 2.15 bits per heavy atom. The predicted octanol–water partition coefficient (Wildman–Crippen LogP) is 2.91. The normalized spacial score (nSPS) is 11.5. The lowest BCUT2D eigenvalue weighted by molar-refractivity contribution is -0.114. The Morgan fingerprint density at radius 2 is 1.54 bits per heavy atom. The van der Waals surface area contributed by atoms with Crippen LogP contribution in [0.2, 0.25) is 0 Å². The molecule has 0 atom stereocenters. The van der Waals surface area contributed by atoms with E-state index >= 15 is 0 Å². The maximum Gasteiger partial charge on any atom is 0.243 e. The Morgan fingerprint density at radius 1 is 0.923 bits per heavy atom. The zero-order valence-electron chi connectivity index (χ0n) is 15.8. The Hall–Kier alpha value is -2.38. The van der Waals surface area contributed by atoms with Crippen LogP contribution in [0.4, 0.5) is 11.4 Å². The van der Waals surface area contributed by atoms with Crippen LogP contribution in [0.1, 0.15) is 16.7 Å². The molecule has 2 aromatic rings. The number of nitrogens with one attached hydrogen (secondary N) is 2. The van der Waals surface area contributed by atoms with Gasteiger partial charge in [0.2, 0.25) is 15.9 Å². The van der Waals surface area contributed by atoms with Gasteiger partial charge in [0.15, 0.2) is 0 Å². The van der Waals surface area contributed by atoms with E-state index in [0.717, 1.165) is 16.8 Å². The maximum atomic E-state index is 12.4. The molecule has 2 N–H and O–H groups in total. The number of rotatable bonds is 6. The number of aryl methyl sites for hydroxylation is 3. The summed E-state index contributed by atoms with van der Waals surface area (Å²) in [6.45, 7) is 5.78. The van der Waals surface area contributed by atoms with Crippen LogP contribution in [0.5, 0.6) is 0 Å². The van der Waals surface area contributed by atoms with E-state index in [-0.39, 0.29) is 17.3 Å². The molecule has 0 bridgehead atoms. The zero-order chi connectivity index (χ0) is 19.5. The van der Waals surface area contributed by atoms with Crippen molar-refractivity contribution in [2.24, 2.45) is 0 Å². The molecule has 0 saturated carbocycles. The SMILES string of the molecule is Cc1ccc(NC(=O)CNc2ccc(C)c(S(=O)(=O)N(C)C)c2)cc1C. The van der Waals surface area contributed by atoms with Gasteiger partial charge in [0.1, 0.15) is 0 Å². The third-order valence-corrected chi connectivity index (χ3v) is 6.15. The monoisotopic (exact) mass is 375 g/mol. The molecule has 0 aromatic heterocycles. The number of benzene rings is 2. The summed E-state index contributed by atoms with van der Waals surface area (Å²) in [5.74, 6) is -0.203. The predicted molar refractivity (Wildman–Crippen MR) is 105 cm³/mol. The quantitative estimate of drug-likeness (QED) is 0.814. The molecular weight excluding hydrogens is 350 g/mol. The fourth-order valence-electron chi connectivity index (χ4n) is 2.39. The van der Waals surface area contributed by atoms with Gasteiger partial charge < -0.3 is 10.6 Å². The van der Waals surface area contributed by atoms with E-state index in [9.17, 15) is 13.2 Å². The summed E-state index contributed by atoms with van der Waals surface area (Å²) in [5, 5.41) is 5.80. The van der Waals surface area contributed by atoms with Gasteiger partial charge in [-0.25, -0.2) is 12.7 Å². The molecule has 0 heterocycles. The number of sulfonamides is 1. The van der Waals surface area contributed by atoms with Crippen molar-refractivity contribution in [1.29, 1.82) is 0 Å². The van der Waals surface area contributed by atoms with Gasteiger partial charge in [-0.1, -0.05) is 12.1 Å². The van der Waals surface area contributed by atoms with Gasteiger partial charge in [0, 0.05) is 25.5 Å². The molecule has 0 spiro atoms. The number of hydrogen-bond donors (Lipinski definition) is 2. The Balaban J connectivity index is 2.07. The standard InChI is InChI=1S/C19H25N3O3S/c1-13-6-9-17(10-15(13)3)21-19(23)12-20-16-8-7-14(2)18(11-16)26(24,25)22(4)5/h6-11,20H,12H2,1-5H3,(H,21,23). The van der Waals surface area contributed by atoms with E-state index in [1.54, 1.807) is 25.1 Å². The maximum absolute atomic E-state index is 12.4. The second kappa shape index (κ2) is 7.88. The van der Waals surface area contributed by atoms with Crippen LogP contribution in [-0.2, 0) is 14.8 Å². The molecule has 7 heteroatoms. The minimum absolute atomic E-state index is 0.0391. The van der Waals surface area contributed by atoms with Gasteiger partial charge in [-0.15, -0.1) is 0 Å². The summed E-state index contributed by atoms with van der Waals surface area (Å²) in [6, 6.07) is 10.8. The second-order valence-electron chi connectivity index (χ2n) is 6.47. The molecule has 1 amide bonds. The molecule has 2 aromatic carbocycles. The first-order valence-electron chi connectivity index (χ1n) is 8.25. The van der Waals surface area contributed by atoms with Crippen LogP contribution in [0.25, 0.3) is 0 Å². The molecule has 0 unspecified atom stereocenters. The van der Waals surface area contributed by atoms with Crippen LogP contribution in [0.3, 0.4) is 0 Å². The average Bonchev–Trinajstić information content (AvgIpc) is 2.57. The first-order chi connectivity index (χ1) is 12.1. The second-order valence-corrected chi connectivity index (χ2v) is 8.59. The van der Waals surface area contributed by atoms with Crippen LogP contribution in [0.15, 0.2) is 41.3 Å². The molecule has 0 fully saturated rings. The van der Waals surface area contributed by atoms with Crippen molar-refractivity contribution in [3.8, 4) is 0 Å². The third-order valence-electron chi connectivity index (χ3n) is 4.19. The number of nitrogens with zero attached hydrogens (tertiary/aromatic N) is 1. The van der Waals surface area contributed by atoms with Gasteiger partial charge >= 0.3 is 0 Å². The number of carbonyl (C=O) groups is 1. The lowest BCUT2D eigenvalue weighted by atomic mass is 10.1. The first-order valence-corrected chi connectivity index (χ1v) is 9.69. The fourth-order valence-corrected chi connectivity index (χ4v) is 3.54. The molecule has 2 rings (SSSR count). The minimum Gasteiger partial charge on any atom is -0.376 e. The van der Waals surface area contributed by atoms with E-state index in [0.29, 0.717) is 11.3 Å². The van der Waals surface area contributed by atoms with Crippen LogP contribution >= 0.6 is 0 Å². The highest BCUT2D eigenvalue weighted by Crippen LogP contribution is 2.22. The van der Waals surface area contributed by atoms with E-state index in [1.807, 2.05) is 32.0 Å². The summed E-state index contributed by atoms with van der Waals surface area (Å²) in [5.41, 5.74) is 4.23. The van der Waals surface area contributed by atoms with Crippen molar-refractivity contribution in [1.82, 2.24) is 4.31 Å². The average molecular weight is 375 g/mol. The molecule has 0 saturated heterocycles. The summed E-state index contributed by atoms with van der Waals surface area (Å²) in [7, 11) is -0.549. The van der Waals surface area contributed by atoms with E-state index in [2.05, 4.69) is 10.6 Å². The van der Waals surface area contributed by atoms with Gasteiger partial charge in [-0.05, 0) is 61.7 Å². The smallest absolute Gasteiger partial charge is 0.243 e. The van der Waals surface area contributed by atoms with Crippen molar-refractivity contribution in [2.75, 3.05) is 31.3 Å².